The van der Waals surface area contributed by atoms with Crippen molar-refractivity contribution in [3.05, 3.63) is 42.4 Å². The van der Waals surface area contributed by atoms with Crippen LogP contribution in [-0.4, -0.2) is 38.6 Å². The molecule has 2 aromatic heterocycles. The minimum Gasteiger partial charge on any atom is -0.394 e. The highest BCUT2D eigenvalue weighted by Crippen LogP contribution is 2.06. The summed E-state index contributed by atoms with van der Waals surface area (Å²) in [5.74, 6) is 1.10. The van der Waals surface area contributed by atoms with Crippen molar-refractivity contribution in [2.24, 2.45) is 5.92 Å². The molecule has 0 fully saturated rings. The second kappa shape index (κ2) is 8.28. The Kier molecular flexibility index (Phi) is 6.10. The molecule has 23 heavy (non-hydrogen) atoms. The monoisotopic (exact) mass is 317 g/mol. The van der Waals surface area contributed by atoms with Crippen LogP contribution in [0.3, 0.4) is 0 Å². The summed E-state index contributed by atoms with van der Waals surface area (Å²) in [6.07, 6.45) is 5.91. The molecule has 0 saturated heterocycles. The minimum absolute atomic E-state index is 0.0652. The van der Waals surface area contributed by atoms with Crippen LogP contribution in [0, 0.1) is 5.92 Å². The molecule has 2 aromatic rings. The number of urea groups is 1. The van der Waals surface area contributed by atoms with Crippen LogP contribution in [0.15, 0.2) is 36.8 Å². The molecule has 1 atom stereocenters. The fraction of sp³-hybridized carbons (Fsp3) is 0.438. The number of carbonyl (C=O) groups excluding carboxylic acids is 1. The Balaban J connectivity index is 1.88. The van der Waals surface area contributed by atoms with Gasteiger partial charge in [-0.15, -0.1) is 0 Å². The van der Waals surface area contributed by atoms with Crippen molar-refractivity contribution in [2.45, 2.75) is 32.9 Å². The molecule has 3 N–H and O–H groups in total. The maximum absolute atomic E-state index is 11.9. The van der Waals surface area contributed by atoms with Gasteiger partial charge in [-0.05, 0) is 36.1 Å². The number of hydrogen-bond acceptors (Lipinski definition) is 4. The van der Waals surface area contributed by atoms with Crippen molar-refractivity contribution in [1.29, 1.82) is 0 Å². The third kappa shape index (κ3) is 5.37. The lowest BCUT2D eigenvalue weighted by Crippen LogP contribution is -2.44. The third-order valence-corrected chi connectivity index (χ3v) is 3.31. The van der Waals surface area contributed by atoms with Gasteiger partial charge in [0.2, 0.25) is 0 Å². The normalized spacial score (nSPS) is 12.2. The molecule has 2 heterocycles. The van der Waals surface area contributed by atoms with Crippen LogP contribution in [0.1, 0.15) is 25.8 Å². The predicted octanol–water partition coefficient (Wildman–Crippen LogP) is 1.47. The molecular formula is C16H23N5O2. The summed E-state index contributed by atoms with van der Waals surface area (Å²) in [4.78, 5) is 16.2. The molecule has 0 aliphatic heterocycles. The first kappa shape index (κ1) is 17.0. The molecule has 0 bridgehead atoms. The topological polar surface area (TPSA) is 92.1 Å². The highest BCUT2D eigenvalue weighted by Gasteiger charge is 2.12. The Morgan fingerprint density at radius 1 is 1.39 bits per heavy atom. The van der Waals surface area contributed by atoms with Gasteiger partial charge in [0.15, 0.2) is 5.82 Å². The van der Waals surface area contributed by atoms with Crippen molar-refractivity contribution in [3.63, 3.8) is 0 Å². The maximum atomic E-state index is 11.9. The predicted molar refractivity (Wildman–Crippen MR) is 87.1 cm³/mol. The molecule has 0 radical (unpaired) electrons. The van der Waals surface area contributed by atoms with Gasteiger partial charge < -0.3 is 15.7 Å². The van der Waals surface area contributed by atoms with Gasteiger partial charge in [0.25, 0.3) is 0 Å². The van der Waals surface area contributed by atoms with Crippen LogP contribution in [0.2, 0.25) is 0 Å². The highest BCUT2D eigenvalue weighted by molar-refractivity contribution is 5.74. The largest absolute Gasteiger partial charge is 0.394 e. The number of aromatic nitrogens is 3. The van der Waals surface area contributed by atoms with Crippen LogP contribution in [0.5, 0.6) is 0 Å². The van der Waals surface area contributed by atoms with Gasteiger partial charge in [-0.1, -0.05) is 13.8 Å². The number of carbonyl (C=O) groups is 1. The van der Waals surface area contributed by atoms with Crippen molar-refractivity contribution < 1.29 is 9.90 Å². The molecule has 0 aromatic carbocycles. The first-order chi connectivity index (χ1) is 11.1. The van der Waals surface area contributed by atoms with Crippen molar-refractivity contribution >= 4 is 6.03 Å². The number of nitrogens with zero attached hydrogens (tertiary/aromatic N) is 3. The Morgan fingerprint density at radius 3 is 2.87 bits per heavy atom. The lowest BCUT2D eigenvalue weighted by Gasteiger charge is -2.18. The van der Waals surface area contributed by atoms with Crippen LogP contribution >= 0.6 is 0 Å². The van der Waals surface area contributed by atoms with E-state index < -0.39 is 0 Å². The van der Waals surface area contributed by atoms with Gasteiger partial charge in [0, 0.05) is 25.1 Å². The van der Waals surface area contributed by atoms with Crippen molar-refractivity contribution in [3.8, 4) is 5.82 Å². The number of aliphatic hydroxyl groups is 1. The fourth-order valence-electron chi connectivity index (χ4n) is 2.27. The van der Waals surface area contributed by atoms with E-state index in [0.717, 1.165) is 12.0 Å². The molecule has 2 amide bonds. The molecule has 7 nitrogen and oxygen atoms in total. The van der Waals surface area contributed by atoms with Gasteiger partial charge in [0.1, 0.15) is 0 Å². The zero-order valence-electron chi connectivity index (χ0n) is 13.4. The summed E-state index contributed by atoms with van der Waals surface area (Å²) in [6.45, 7) is 4.42. The van der Waals surface area contributed by atoms with Gasteiger partial charge >= 0.3 is 6.03 Å². The van der Waals surface area contributed by atoms with Gasteiger partial charge in [-0.25, -0.2) is 14.5 Å². The van der Waals surface area contributed by atoms with Gasteiger partial charge in [-0.2, -0.15) is 5.10 Å². The van der Waals surface area contributed by atoms with E-state index in [2.05, 4.69) is 34.6 Å². The van der Waals surface area contributed by atoms with E-state index >= 15 is 0 Å². The fourth-order valence-corrected chi connectivity index (χ4v) is 2.27. The zero-order chi connectivity index (χ0) is 16.7. The van der Waals surface area contributed by atoms with Crippen LogP contribution in [0.4, 0.5) is 4.79 Å². The Labute approximate surface area is 135 Å². The molecule has 0 aliphatic carbocycles. The van der Waals surface area contributed by atoms with E-state index in [1.54, 1.807) is 17.1 Å². The molecule has 7 heteroatoms. The summed E-state index contributed by atoms with van der Waals surface area (Å²) < 4.78 is 1.66. The van der Waals surface area contributed by atoms with E-state index in [-0.39, 0.29) is 18.7 Å². The molecule has 0 aliphatic rings. The summed E-state index contributed by atoms with van der Waals surface area (Å²) in [5, 5.41) is 19.0. The third-order valence-electron chi connectivity index (χ3n) is 3.31. The summed E-state index contributed by atoms with van der Waals surface area (Å²) in [7, 11) is 0. The number of rotatable bonds is 7. The number of aliphatic hydroxyl groups excluding tert-OH is 1. The van der Waals surface area contributed by atoms with E-state index in [9.17, 15) is 9.90 Å². The molecule has 0 saturated carbocycles. The average molecular weight is 317 g/mol. The SMILES string of the molecule is CC(C)CC(CO)NC(=O)NCc1ccnc(-n2cccn2)c1. The van der Waals surface area contributed by atoms with Gasteiger partial charge in [0.05, 0.1) is 12.6 Å². The quantitative estimate of drug-likeness (QED) is 0.721. The minimum atomic E-state index is -0.290. The molecule has 124 valence electrons. The number of amides is 2. The van der Waals surface area contributed by atoms with Crippen molar-refractivity contribution in [1.82, 2.24) is 25.4 Å². The van der Waals surface area contributed by atoms with E-state index in [1.165, 1.54) is 0 Å². The summed E-state index contributed by atoms with van der Waals surface area (Å²) >= 11 is 0. The number of nitrogens with one attached hydrogen (secondary N) is 2. The lowest BCUT2D eigenvalue weighted by atomic mass is 10.0. The van der Waals surface area contributed by atoms with Crippen LogP contribution < -0.4 is 10.6 Å². The second-order valence-electron chi connectivity index (χ2n) is 5.81. The molecule has 2 rings (SSSR count). The smallest absolute Gasteiger partial charge is 0.315 e. The highest BCUT2D eigenvalue weighted by atomic mass is 16.3. The maximum Gasteiger partial charge on any atom is 0.315 e. The second-order valence-corrected chi connectivity index (χ2v) is 5.81. The molecule has 1 unspecified atom stereocenters. The average Bonchev–Trinajstić information content (AvgIpc) is 3.06. The van der Waals surface area contributed by atoms with Gasteiger partial charge in [-0.3, -0.25) is 0 Å². The first-order valence-electron chi connectivity index (χ1n) is 7.68. The van der Waals surface area contributed by atoms with Crippen LogP contribution in [0.25, 0.3) is 5.82 Å². The summed E-state index contributed by atoms with van der Waals surface area (Å²) in [6, 6.07) is 5.01. The summed E-state index contributed by atoms with van der Waals surface area (Å²) in [5.41, 5.74) is 0.921. The van der Waals surface area contributed by atoms with Crippen LogP contribution in [-0.2, 0) is 6.54 Å². The number of pyridine rings is 1. The first-order valence-corrected chi connectivity index (χ1v) is 7.68. The standard InChI is InChI=1S/C16H23N5O2/c1-12(2)8-14(11-22)20-16(23)18-10-13-4-6-17-15(9-13)21-7-3-5-19-21/h3-7,9,12,14,22H,8,10-11H2,1-2H3,(H2,18,20,23). The Morgan fingerprint density at radius 2 is 2.22 bits per heavy atom. The molecular weight excluding hydrogens is 294 g/mol. The Hall–Kier alpha value is -2.41. The van der Waals surface area contributed by atoms with E-state index in [0.29, 0.717) is 18.3 Å². The lowest BCUT2D eigenvalue weighted by molar-refractivity contribution is 0.206. The van der Waals surface area contributed by atoms with E-state index in [4.69, 9.17) is 0 Å². The molecule has 0 spiro atoms. The van der Waals surface area contributed by atoms with Crippen molar-refractivity contribution in [2.75, 3.05) is 6.61 Å². The zero-order valence-corrected chi connectivity index (χ0v) is 13.4. The number of hydrogen-bond donors (Lipinski definition) is 3. The Bertz CT molecular complexity index is 613. The van der Waals surface area contributed by atoms with E-state index in [1.807, 2.05) is 24.4 Å².